The van der Waals surface area contributed by atoms with Crippen molar-refractivity contribution in [3.05, 3.63) is 29.0 Å². The monoisotopic (exact) mass is 213 g/mol. The van der Waals surface area contributed by atoms with Crippen LogP contribution in [0.4, 0.5) is 0 Å². The lowest BCUT2D eigenvalue weighted by Crippen LogP contribution is -1.97. The summed E-state index contributed by atoms with van der Waals surface area (Å²) in [5.41, 5.74) is 0.897. The van der Waals surface area contributed by atoms with Gasteiger partial charge in [0.15, 0.2) is 0 Å². The highest BCUT2D eigenvalue weighted by Crippen LogP contribution is 2.06. The molecule has 0 aromatic carbocycles. The van der Waals surface area contributed by atoms with Crippen molar-refractivity contribution < 1.29 is 4.74 Å². The van der Waals surface area contributed by atoms with Gasteiger partial charge in [-0.3, -0.25) is 0 Å². The van der Waals surface area contributed by atoms with Crippen molar-refractivity contribution in [2.24, 2.45) is 0 Å². The Balaban J connectivity index is 2.18. The summed E-state index contributed by atoms with van der Waals surface area (Å²) in [6, 6.07) is 5.58. The average Bonchev–Trinajstić information content (AvgIpc) is 2.18. The second-order valence-corrected chi connectivity index (χ2v) is 3.60. The highest BCUT2D eigenvalue weighted by molar-refractivity contribution is 6.29. The molecule has 0 bridgehead atoms. The van der Waals surface area contributed by atoms with Crippen LogP contribution in [0.3, 0.4) is 0 Å². The Kier molecular flexibility index (Phi) is 5.57. The Hall–Kier alpha value is -0.600. The van der Waals surface area contributed by atoms with Gasteiger partial charge in [0.05, 0.1) is 12.3 Å². The standard InChI is InChI=1S/C11H16ClNO/c1-2-3-4-8-14-9-10-6-5-7-11(12)13-10/h5-7H,2-4,8-9H2,1H3. The third kappa shape index (κ3) is 4.58. The van der Waals surface area contributed by atoms with Crippen molar-refractivity contribution in [3.8, 4) is 0 Å². The molecule has 3 heteroatoms. The number of halogens is 1. The number of unbranched alkanes of at least 4 members (excludes halogenated alkanes) is 2. The van der Waals surface area contributed by atoms with Gasteiger partial charge in [-0.1, -0.05) is 37.4 Å². The molecular weight excluding hydrogens is 198 g/mol. The normalized spacial score (nSPS) is 10.4. The van der Waals surface area contributed by atoms with Crippen LogP contribution in [0.15, 0.2) is 18.2 Å². The number of nitrogens with zero attached hydrogens (tertiary/aromatic N) is 1. The summed E-state index contributed by atoms with van der Waals surface area (Å²) in [5, 5.41) is 0.527. The zero-order valence-electron chi connectivity index (χ0n) is 8.50. The van der Waals surface area contributed by atoms with Crippen molar-refractivity contribution in [1.82, 2.24) is 4.98 Å². The zero-order valence-corrected chi connectivity index (χ0v) is 9.26. The fourth-order valence-electron chi connectivity index (χ4n) is 1.16. The summed E-state index contributed by atoms with van der Waals surface area (Å²) in [6.45, 7) is 3.55. The van der Waals surface area contributed by atoms with E-state index in [1.165, 1.54) is 12.8 Å². The van der Waals surface area contributed by atoms with Crippen LogP contribution in [0.2, 0.25) is 5.15 Å². The molecule has 2 nitrogen and oxygen atoms in total. The summed E-state index contributed by atoms with van der Waals surface area (Å²) >= 11 is 5.74. The van der Waals surface area contributed by atoms with Crippen molar-refractivity contribution in [3.63, 3.8) is 0 Å². The van der Waals surface area contributed by atoms with Crippen molar-refractivity contribution >= 4 is 11.6 Å². The molecule has 0 radical (unpaired) electrons. The summed E-state index contributed by atoms with van der Waals surface area (Å²) < 4.78 is 5.46. The molecule has 0 fully saturated rings. The van der Waals surface area contributed by atoms with Crippen LogP contribution < -0.4 is 0 Å². The minimum atomic E-state index is 0.527. The first-order chi connectivity index (χ1) is 6.83. The lowest BCUT2D eigenvalue weighted by molar-refractivity contribution is 0.114. The van der Waals surface area contributed by atoms with Crippen LogP contribution in [0.5, 0.6) is 0 Å². The predicted molar refractivity (Wildman–Crippen MR) is 58.4 cm³/mol. The zero-order chi connectivity index (χ0) is 10.2. The molecule has 1 aromatic heterocycles. The lowest BCUT2D eigenvalue weighted by Gasteiger charge is -2.03. The van der Waals surface area contributed by atoms with E-state index in [9.17, 15) is 0 Å². The number of aromatic nitrogens is 1. The van der Waals surface area contributed by atoms with Gasteiger partial charge in [-0.05, 0) is 18.6 Å². The molecule has 78 valence electrons. The summed E-state index contributed by atoms with van der Waals surface area (Å²) in [6.07, 6.45) is 3.57. The second-order valence-electron chi connectivity index (χ2n) is 3.21. The summed E-state index contributed by atoms with van der Waals surface area (Å²) in [4.78, 5) is 4.13. The van der Waals surface area contributed by atoms with Crippen molar-refractivity contribution in [2.75, 3.05) is 6.61 Å². The predicted octanol–water partition coefficient (Wildman–Crippen LogP) is 3.44. The molecule has 0 saturated heterocycles. The lowest BCUT2D eigenvalue weighted by atomic mass is 10.3. The highest BCUT2D eigenvalue weighted by atomic mass is 35.5. The molecule has 0 aliphatic heterocycles. The van der Waals surface area contributed by atoms with Crippen LogP contribution in [0.25, 0.3) is 0 Å². The number of ether oxygens (including phenoxy) is 1. The topological polar surface area (TPSA) is 22.1 Å². The number of hydrogen-bond acceptors (Lipinski definition) is 2. The fraction of sp³-hybridized carbons (Fsp3) is 0.545. The van der Waals surface area contributed by atoms with E-state index in [0.29, 0.717) is 11.8 Å². The van der Waals surface area contributed by atoms with Gasteiger partial charge in [0.1, 0.15) is 5.15 Å². The molecule has 14 heavy (non-hydrogen) atoms. The van der Waals surface area contributed by atoms with Crippen molar-refractivity contribution in [1.29, 1.82) is 0 Å². The maximum absolute atomic E-state index is 5.74. The second kappa shape index (κ2) is 6.80. The van der Waals surface area contributed by atoms with E-state index in [-0.39, 0.29) is 0 Å². The minimum absolute atomic E-state index is 0.527. The number of rotatable bonds is 6. The quantitative estimate of drug-likeness (QED) is 0.534. The van der Waals surface area contributed by atoms with E-state index in [1.807, 2.05) is 12.1 Å². The Morgan fingerprint density at radius 1 is 1.36 bits per heavy atom. The molecule has 0 amide bonds. The first-order valence-electron chi connectivity index (χ1n) is 5.02. The molecule has 0 unspecified atom stereocenters. The van der Waals surface area contributed by atoms with E-state index in [0.717, 1.165) is 18.7 Å². The van der Waals surface area contributed by atoms with E-state index >= 15 is 0 Å². The smallest absolute Gasteiger partial charge is 0.129 e. The van der Waals surface area contributed by atoms with E-state index < -0.39 is 0 Å². The first kappa shape index (κ1) is 11.5. The summed E-state index contributed by atoms with van der Waals surface area (Å²) in [5.74, 6) is 0. The van der Waals surface area contributed by atoms with Crippen molar-refractivity contribution in [2.45, 2.75) is 32.8 Å². The van der Waals surface area contributed by atoms with Gasteiger partial charge in [0.25, 0.3) is 0 Å². The van der Waals surface area contributed by atoms with E-state index in [2.05, 4.69) is 11.9 Å². The van der Waals surface area contributed by atoms with E-state index in [4.69, 9.17) is 16.3 Å². The first-order valence-corrected chi connectivity index (χ1v) is 5.40. The summed E-state index contributed by atoms with van der Waals surface area (Å²) in [7, 11) is 0. The molecule has 0 N–H and O–H groups in total. The number of hydrogen-bond donors (Lipinski definition) is 0. The highest BCUT2D eigenvalue weighted by Gasteiger charge is 1.95. The Bertz CT molecular complexity index is 265. The van der Waals surface area contributed by atoms with Gasteiger partial charge in [-0.25, -0.2) is 4.98 Å². The van der Waals surface area contributed by atoms with Gasteiger partial charge in [0, 0.05) is 6.61 Å². The minimum Gasteiger partial charge on any atom is -0.375 e. The van der Waals surface area contributed by atoms with Gasteiger partial charge in [0.2, 0.25) is 0 Å². The average molecular weight is 214 g/mol. The Labute approximate surface area is 90.3 Å². The molecule has 0 atom stereocenters. The van der Waals surface area contributed by atoms with Gasteiger partial charge in [-0.15, -0.1) is 0 Å². The molecule has 0 spiro atoms. The molecular formula is C11H16ClNO. The molecule has 0 aliphatic rings. The fourth-order valence-corrected chi connectivity index (χ4v) is 1.34. The van der Waals surface area contributed by atoms with Crippen LogP contribution >= 0.6 is 11.6 Å². The maximum Gasteiger partial charge on any atom is 0.129 e. The molecule has 0 aliphatic carbocycles. The largest absolute Gasteiger partial charge is 0.375 e. The Morgan fingerprint density at radius 3 is 2.93 bits per heavy atom. The van der Waals surface area contributed by atoms with Gasteiger partial charge in [-0.2, -0.15) is 0 Å². The molecule has 0 saturated carbocycles. The van der Waals surface area contributed by atoms with Crippen LogP contribution in [-0.2, 0) is 11.3 Å². The molecule has 1 rings (SSSR count). The van der Waals surface area contributed by atoms with E-state index in [1.54, 1.807) is 6.07 Å². The van der Waals surface area contributed by atoms with Gasteiger partial charge < -0.3 is 4.74 Å². The molecule has 1 aromatic rings. The Morgan fingerprint density at radius 2 is 2.21 bits per heavy atom. The SMILES string of the molecule is CCCCCOCc1cccc(Cl)n1. The third-order valence-corrected chi connectivity index (χ3v) is 2.13. The number of pyridine rings is 1. The van der Waals surface area contributed by atoms with Crippen LogP contribution in [0.1, 0.15) is 31.9 Å². The van der Waals surface area contributed by atoms with Crippen LogP contribution in [0, 0.1) is 0 Å². The van der Waals surface area contributed by atoms with Crippen LogP contribution in [-0.4, -0.2) is 11.6 Å². The molecule has 1 heterocycles. The third-order valence-electron chi connectivity index (χ3n) is 1.91. The van der Waals surface area contributed by atoms with Gasteiger partial charge >= 0.3 is 0 Å². The maximum atomic E-state index is 5.74.